The minimum absolute atomic E-state index is 0.411. The number of hydrogen-bond donors (Lipinski definition) is 2. The van der Waals surface area contributed by atoms with E-state index < -0.39 is 6.10 Å². The molecular formula is C13H17NO4. The quantitative estimate of drug-likeness (QED) is 0.786. The molecule has 1 atom stereocenters. The first-order valence-corrected chi connectivity index (χ1v) is 5.78. The monoisotopic (exact) mass is 251 g/mol. The van der Waals surface area contributed by atoms with E-state index in [0.717, 1.165) is 11.5 Å². The summed E-state index contributed by atoms with van der Waals surface area (Å²) in [6, 6.07) is 7.27. The molecule has 0 bridgehead atoms. The molecule has 0 spiro atoms. The first-order chi connectivity index (χ1) is 8.79. The Labute approximate surface area is 105 Å². The van der Waals surface area contributed by atoms with Crippen LogP contribution in [-0.4, -0.2) is 18.8 Å². The van der Waals surface area contributed by atoms with Crippen LogP contribution in [-0.2, 0) is 17.9 Å². The summed E-state index contributed by atoms with van der Waals surface area (Å²) in [4.78, 5) is 0. The van der Waals surface area contributed by atoms with Gasteiger partial charge < -0.3 is 24.0 Å². The molecule has 0 amide bonds. The molecule has 0 aliphatic carbocycles. The maximum Gasteiger partial charge on any atom is 0.133 e. The summed E-state index contributed by atoms with van der Waals surface area (Å²) in [5.74, 6) is 2.16. The van der Waals surface area contributed by atoms with Gasteiger partial charge in [0.2, 0.25) is 0 Å². The lowest BCUT2D eigenvalue weighted by Crippen LogP contribution is -2.20. The number of hydrogen-bond acceptors (Lipinski definition) is 5. The molecule has 2 rings (SSSR count). The SMILES string of the molecule is COCc1ccc(CNCC(O)c2ccco2)o1. The van der Waals surface area contributed by atoms with Gasteiger partial charge in [-0.15, -0.1) is 0 Å². The van der Waals surface area contributed by atoms with Crippen molar-refractivity contribution >= 4 is 0 Å². The Morgan fingerprint density at radius 2 is 2.17 bits per heavy atom. The van der Waals surface area contributed by atoms with Crippen LogP contribution in [0, 0.1) is 0 Å². The first-order valence-electron chi connectivity index (χ1n) is 5.78. The number of aliphatic hydroxyl groups excluding tert-OH is 1. The Kier molecular flexibility index (Phi) is 4.58. The summed E-state index contributed by atoms with van der Waals surface area (Å²) >= 11 is 0. The Balaban J connectivity index is 1.74. The van der Waals surface area contributed by atoms with E-state index >= 15 is 0 Å². The Hall–Kier alpha value is -1.56. The fourth-order valence-electron chi connectivity index (χ4n) is 1.65. The minimum Gasteiger partial charge on any atom is -0.467 e. The Morgan fingerprint density at radius 3 is 2.89 bits per heavy atom. The fourth-order valence-corrected chi connectivity index (χ4v) is 1.65. The summed E-state index contributed by atoms with van der Waals surface area (Å²) in [7, 11) is 1.63. The van der Waals surface area contributed by atoms with Gasteiger partial charge in [-0.05, 0) is 24.3 Å². The Bertz CT molecular complexity index is 449. The van der Waals surface area contributed by atoms with E-state index in [1.165, 1.54) is 0 Å². The number of furan rings is 2. The van der Waals surface area contributed by atoms with Gasteiger partial charge >= 0.3 is 0 Å². The molecule has 1 unspecified atom stereocenters. The van der Waals surface area contributed by atoms with Crippen molar-refractivity contribution in [1.82, 2.24) is 5.32 Å². The number of rotatable bonds is 7. The molecule has 2 N–H and O–H groups in total. The molecule has 0 radical (unpaired) electrons. The average Bonchev–Trinajstić information content (AvgIpc) is 3.00. The van der Waals surface area contributed by atoms with Gasteiger partial charge in [0, 0.05) is 13.7 Å². The topological polar surface area (TPSA) is 67.8 Å². The van der Waals surface area contributed by atoms with Crippen LogP contribution in [0.15, 0.2) is 39.4 Å². The van der Waals surface area contributed by atoms with Crippen molar-refractivity contribution in [2.75, 3.05) is 13.7 Å². The Morgan fingerprint density at radius 1 is 1.33 bits per heavy atom. The first kappa shape index (κ1) is 12.9. The molecule has 0 saturated carbocycles. The van der Waals surface area contributed by atoms with Crippen molar-refractivity contribution < 1.29 is 18.7 Å². The molecule has 0 fully saturated rings. The zero-order valence-corrected chi connectivity index (χ0v) is 10.3. The zero-order valence-electron chi connectivity index (χ0n) is 10.3. The van der Waals surface area contributed by atoms with Crippen molar-refractivity contribution in [2.45, 2.75) is 19.3 Å². The van der Waals surface area contributed by atoms with Crippen LogP contribution in [0.5, 0.6) is 0 Å². The third-order valence-electron chi connectivity index (χ3n) is 2.51. The van der Waals surface area contributed by atoms with Gasteiger partial charge in [0.05, 0.1) is 12.8 Å². The predicted molar refractivity (Wildman–Crippen MR) is 64.8 cm³/mol. The van der Waals surface area contributed by atoms with Crippen molar-refractivity contribution in [3.05, 3.63) is 47.8 Å². The molecule has 0 aromatic carbocycles. The summed E-state index contributed by atoms with van der Waals surface area (Å²) in [6.45, 7) is 1.43. The highest BCUT2D eigenvalue weighted by Crippen LogP contribution is 2.12. The fraction of sp³-hybridized carbons (Fsp3) is 0.385. The molecule has 0 aliphatic rings. The van der Waals surface area contributed by atoms with Gasteiger partial charge in [0.25, 0.3) is 0 Å². The molecular weight excluding hydrogens is 234 g/mol. The van der Waals surface area contributed by atoms with Crippen LogP contribution in [0.4, 0.5) is 0 Å². The van der Waals surface area contributed by atoms with E-state index in [1.807, 2.05) is 12.1 Å². The van der Waals surface area contributed by atoms with Gasteiger partial charge in [-0.1, -0.05) is 0 Å². The standard InChI is InChI=1S/C13H17NO4/c1-16-9-11-5-4-10(18-11)7-14-8-12(15)13-3-2-6-17-13/h2-6,12,14-15H,7-9H2,1H3. The van der Waals surface area contributed by atoms with Crippen LogP contribution < -0.4 is 5.32 Å². The molecule has 0 aliphatic heterocycles. The molecule has 18 heavy (non-hydrogen) atoms. The van der Waals surface area contributed by atoms with Gasteiger partial charge in [-0.25, -0.2) is 0 Å². The molecule has 2 aromatic heterocycles. The highest BCUT2D eigenvalue weighted by atomic mass is 16.5. The highest BCUT2D eigenvalue weighted by molar-refractivity contribution is 5.06. The van der Waals surface area contributed by atoms with Gasteiger partial charge in [0.15, 0.2) is 0 Å². The average molecular weight is 251 g/mol. The number of methoxy groups -OCH3 is 1. The summed E-state index contributed by atoms with van der Waals surface area (Å²) in [5, 5.41) is 12.9. The van der Waals surface area contributed by atoms with E-state index in [1.54, 1.807) is 25.5 Å². The molecule has 0 saturated heterocycles. The smallest absolute Gasteiger partial charge is 0.133 e. The van der Waals surface area contributed by atoms with E-state index in [9.17, 15) is 5.11 Å². The number of nitrogens with one attached hydrogen (secondary N) is 1. The normalized spacial score (nSPS) is 12.8. The van der Waals surface area contributed by atoms with Crippen LogP contribution in [0.25, 0.3) is 0 Å². The molecule has 5 heteroatoms. The minimum atomic E-state index is -0.645. The molecule has 2 heterocycles. The van der Waals surface area contributed by atoms with Crippen molar-refractivity contribution in [3.8, 4) is 0 Å². The lowest BCUT2D eigenvalue weighted by Gasteiger charge is -2.08. The summed E-state index contributed by atoms with van der Waals surface area (Å²) in [5.41, 5.74) is 0. The van der Waals surface area contributed by atoms with E-state index in [0.29, 0.717) is 25.5 Å². The lowest BCUT2D eigenvalue weighted by molar-refractivity contribution is 0.145. The maximum atomic E-state index is 9.77. The van der Waals surface area contributed by atoms with Crippen LogP contribution in [0.3, 0.4) is 0 Å². The van der Waals surface area contributed by atoms with Gasteiger partial charge in [0.1, 0.15) is 30.0 Å². The van der Waals surface area contributed by atoms with Crippen LogP contribution >= 0.6 is 0 Å². The third kappa shape index (κ3) is 3.46. The summed E-state index contributed by atoms with van der Waals surface area (Å²) < 4.78 is 15.6. The summed E-state index contributed by atoms with van der Waals surface area (Å²) in [6.07, 6.45) is 0.899. The molecule has 5 nitrogen and oxygen atoms in total. The van der Waals surface area contributed by atoms with E-state index in [-0.39, 0.29) is 0 Å². The predicted octanol–water partition coefficient (Wildman–Crippen LogP) is 1.84. The van der Waals surface area contributed by atoms with Crippen molar-refractivity contribution in [1.29, 1.82) is 0 Å². The second-order valence-electron chi connectivity index (χ2n) is 3.96. The van der Waals surface area contributed by atoms with E-state index in [2.05, 4.69) is 5.32 Å². The molecule has 2 aromatic rings. The third-order valence-corrected chi connectivity index (χ3v) is 2.51. The van der Waals surface area contributed by atoms with Crippen molar-refractivity contribution in [3.63, 3.8) is 0 Å². The number of aliphatic hydroxyl groups is 1. The van der Waals surface area contributed by atoms with E-state index in [4.69, 9.17) is 13.6 Å². The molecule has 98 valence electrons. The van der Waals surface area contributed by atoms with Gasteiger partial charge in [-0.2, -0.15) is 0 Å². The van der Waals surface area contributed by atoms with Crippen molar-refractivity contribution in [2.24, 2.45) is 0 Å². The second-order valence-corrected chi connectivity index (χ2v) is 3.96. The maximum absolute atomic E-state index is 9.77. The van der Waals surface area contributed by atoms with Crippen LogP contribution in [0.1, 0.15) is 23.4 Å². The largest absolute Gasteiger partial charge is 0.467 e. The highest BCUT2D eigenvalue weighted by Gasteiger charge is 2.10. The lowest BCUT2D eigenvalue weighted by atomic mass is 10.2. The van der Waals surface area contributed by atoms with Crippen LogP contribution in [0.2, 0.25) is 0 Å². The number of ether oxygens (including phenoxy) is 1. The van der Waals surface area contributed by atoms with Gasteiger partial charge in [-0.3, -0.25) is 0 Å². The second kappa shape index (κ2) is 6.39. The zero-order chi connectivity index (χ0) is 12.8.